The maximum atomic E-state index is 10.4. The zero-order chi connectivity index (χ0) is 14.3. The Hall–Kier alpha value is -1.14. The molecule has 2 N–H and O–H groups in total. The molecule has 3 rings (SSSR count). The van der Waals surface area contributed by atoms with E-state index in [1.54, 1.807) is 0 Å². The van der Waals surface area contributed by atoms with E-state index in [1.165, 1.54) is 6.42 Å². The highest BCUT2D eigenvalue weighted by atomic mass is 32.1. The van der Waals surface area contributed by atoms with Gasteiger partial charge in [-0.05, 0) is 31.5 Å². The van der Waals surface area contributed by atoms with E-state index < -0.39 is 0 Å². The topological polar surface area (TPSA) is 58.8 Å². The van der Waals surface area contributed by atoms with Crippen molar-refractivity contribution in [2.75, 3.05) is 0 Å². The molecule has 2 heterocycles. The van der Waals surface area contributed by atoms with Gasteiger partial charge in [0, 0.05) is 7.05 Å². The molecule has 1 saturated carbocycles. The summed E-state index contributed by atoms with van der Waals surface area (Å²) in [5, 5.41) is 15.0. The van der Waals surface area contributed by atoms with Crippen LogP contribution in [0.3, 0.4) is 0 Å². The van der Waals surface area contributed by atoms with Crippen LogP contribution in [-0.2, 0) is 13.5 Å². The third-order valence-electron chi connectivity index (χ3n) is 4.38. The quantitative estimate of drug-likeness (QED) is 0.661. The molecule has 0 aromatic carbocycles. The standard InChI is InChI=1S/C14H22N4OS/c1-3-9-12-13(17(2)16-9)18(14(20)15-12)10-7-5-4-6-8-11(10)19/h10-11,19H,3-8H2,1-2H3,(H,15,20). The highest BCUT2D eigenvalue weighted by Gasteiger charge is 2.27. The van der Waals surface area contributed by atoms with Crippen LogP contribution in [0.25, 0.3) is 11.2 Å². The largest absolute Gasteiger partial charge is 0.391 e. The maximum absolute atomic E-state index is 10.4. The molecule has 5 nitrogen and oxygen atoms in total. The predicted molar refractivity (Wildman–Crippen MR) is 81.4 cm³/mol. The number of nitrogens with zero attached hydrogens (tertiary/aromatic N) is 3. The molecule has 0 radical (unpaired) electrons. The summed E-state index contributed by atoms with van der Waals surface area (Å²) in [6.07, 6.45) is 5.84. The van der Waals surface area contributed by atoms with Crippen LogP contribution in [-0.4, -0.2) is 30.5 Å². The summed E-state index contributed by atoms with van der Waals surface area (Å²) in [7, 11) is 1.95. The van der Waals surface area contributed by atoms with E-state index >= 15 is 0 Å². The smallest absolute Gasteiger partial charge is 0.179 e. The van der Waals surface area contributed by atoms with Crippen molar-refractivity contribution in [2.24, 2.45) is 7.05 Å². The molecule has 0 bridgehead atoms. The number of aromatic amines is 1. The van der Waals surface area contributed by atoms with E-state index in [0.29, 0.717) is 4.77 Å². The Labute approximate surface area is 123 Å². The molecule has 110 valence electrons. The summed E-state index contributed by atoms with van der Waals surface area (Å²) in [5.74, 6) is 0. The zero-order valence-electron chi connectivity index (χ0n) is 12.1. The summed E-state index contributed by atoms with van der Waals surface area (Å²) in [5.41, 5.74) is 3.07. The molecule has 0 amide bonds. The summed E-state index contributed by atoms with van der Waals surface area (Å²) < 4.78 is 4.68. The fourth-order valence-corrected chi connectivity index (χ4v) is 3.69. The average molecular weight is 294 g/mol. The molecule has 1 aliphatic rings. The lowest BCUT2D eigenvalue weighted by Crippen LogP contribution is -2.24. The van der Waals surface area contributed by atoms with Crippen molar-refractivity contribution in [2.45, 2.75) is 57.6 Å². The number of aliphatic hydroxyl groups excluding tert-OH is 1. The van der Waals surface area contributed by atoms with Crippen LogP contribution in [0.5, 0.6) is 0 Å². The molecule has 1 aliphatic carbocycles. The molecular weight excluding hydrogens is 272 g/mol. The predicted octanol–water partition coefficient (Wildman–Crippen LogP) is 2.86. The van der Waals surface area contributed by atoms with Gasteiger partial charge in [-0.25, -0.2) is 0 Å². The number of nitrogens with one attached hydrogen (secondary N) is 1. The number of hydrogen-bond acceptors (Lipinski definition) is 3. The molecule has 20 heavy (non-hydrogen) atoms. The first-order valence-electron chi connectivity index (χ1n) is 7.47. The van der Waals surface area contributed by atoms with Crippen LogP contribution in [0.2, 0.25) is 0 Å². The van der Waals surface area contributed by atoms with Crippen molar-refractivity contribution in [3.63, 3.8) is 0 Å². The lowest BCUT2D eigenvalue weighted by molar-refractivity contribution is 0.106. The van der Waals surface area contributed by atoms with E-state index in [4.69, 9.17) is 12.2 Å². The normalized spacial score (nSPS) is 24.1. The van der Waals surface area contributed by atoms with E-state index in [9.17, 15) is 5.11 Å². The van der Waals surface area contributed by atoms with Gasteiger partial charge in [-0.2, -0.15) is 5.10 Å². The lowest BCUT2D eigenvalue weighted by Gasteiger charge is -2.22. The van der Waals surface area contributed by atoms with Crippen LogP contribution in [0.1, 0.15) is 50.8 Å². The van der Waals surface area contributed by atoms with Crippen molar-refractivity contribution in [1.29, 1.82) is 0 Å². The lowest BCUT2D eigenvalue weighted by atomic mass is 10.1. The zero-order valence-corrected chi connectivity index (χ0v) is 12.9. The van der Waals surface area contributed by atoms with Gasteiger partial charge < -0.3 is 10.1 Å². The van der Waals surface area contributed by atoms with Crippen molar-refractivity contribution < 1.29 is 5.11 Å². The van der Waals surface area contributed by atoms with Gasteiger partial charge in [-0.3, -0.25) is 9.25 Å². The van der Waals surface area contributed by atoms with Gasteiger partial charge in [-0.15, -0.1) is 0 Å². The number of aryl methyl sites for hydroxylation is 2. The number of imidazole rings is 1. The molecule has 2 aromatic heterocycles. The van der Waals surface area contributed by atoms with Crippen LogP contribution in [0.15, 0.2) is 0 Å². The highest BCUT2D eigenvalue weighted by molar-refractivity contribution is 7.71. The molecular formula is C14H22N4OS. The second-order valence-corrected chi connectivity index (χ2v) is 6.08. The molecule has 0 saturated heterocycles. The van der Waals surface area contributed by atoms with Gasteiger partial charge in [-0.1, -0.05) is 26.2 Å². The van der Waals surface area contributed by atoms with Gasteiger partial charge in [0.25, 0.3) is 0 Å². The number of rotatable bonds is 2. The monoisotopic (exact) mass is 294 g/mol. The maximum Gasteiger partial charge on any atom is 0.179 e. The molecule has 6 heteroatoms. The van der Waals surface area contributed by atoms with Crippen LogP contribution >= 0.6 is 12.2 Å². The number of aliphatic hydroxyl groups is 1. The molecule has 0 spiro atoms. The Morgan fingerprint density at radius 3 is 2.85 bits per heavy atom. The van der Waals surface area contributed by atoms with Gasteiger partial charge in [0.15, 0.2) is 10.4 Å². The SMILES string of the molecule is CCc1nn(C)c2c1[nH]c(=S)n2C1CCCCCC1O. The van der Waals surface area contributed by atoms with Crippen LogP contribution in [0, 0.1) is 4.77 Å². The number of fused-ring (bicyclic) bond motifs is 1. The molecule has 2 atom stereocenters. The van der Waals surface area contributed by atoms with Crippen molar-refractivity contribution in [1.82, 2.24) is 19.3 Å². The molecule has 2 unspecified atom stereocenters. The van der Waals surface area contributed by atoms with Crippen molar-refractivity contribution >= 4 is 23.4 Å². The van der Waals surface area contributed by atoms with Crippen molar-refractivity contribution in [3.8, 4) is 0 Å². The second kappa shape index (κ2) is 5.33. The van der Waals surface area contributed by atoms with E-state index in [-0.39, 0.29) is 12.1 Å². The van der Waals surface area contributed by atoms with E-state index in [0.717, 1.165) is 49.0 Å². The first kappa shape index (κ1) is 13.8. The van der Waals surface area contributed by atoms with Gasteiger partial charge in [0.2, 0.25) is 0 Å². The molecule has 0 aliphatic heterocycles. The highest BCUT2D eigenvalue weighted by Crippen LogP contribution is 2.31. The minimum Gasteiger partial charge on any atom is -0.391 e. The molecule has 1 fully saturated rings. The number of hydrogen-bond donors (Lipinski definition) is 2. The third kappa shape index (κ3) is 2.11. The summed E-state index contributed by atoms with van der Waals surface area (Å²) in [6.45, 7) is 2.09. The first-order chi connectivity index (χ1) is 9.63. The number of H-pyrrole nitrogens is 1. The van der Waals surface area contributed by atoms with E-state index in [2.05, 4.69) is 21.6 Å². The van der Waals surface area contributed by atoms with Crippen molar-refractivity contribution in [3.05, 3.63) is 10.5 Å². The minimum atomic E-state index is -0.317. The Morgan fingerprint density at radius 1 is 1.35 bits per heavy atom. The fraction of sp³-hybridized carbons (Fsp3) is 0.714. The summed E-state index contributed by atoms with van der Waals surface area (Å²) in [6, 6.07) is 0.0684. The molecule has 2 aromatic rings. The van der Waals surface area contributed by atoms with Crippen LogP contribution in [0.4, 0.5) is 0 Å². The average Bonchev–Trinajstić information content (AvgIpc) is 2.81. The third-order valence-corrected chi connectivity index (χ3v) is 4.68. The van der Waals surface area contributed by atoms with Crippen LogP contribution < -0.4 is 0 Å². The Kier molecular flexibility index (Phi) is 3.69. The second-order valence-electron chi connectivity index (χ2n) is 5.70. The van der Waals surface area contributed by atoms with E-state index in [1.807, 2.05) is 11.7 Å². The fourth-order valence-electron chi connectivity index (χ4n) is 3.36. The minimum absolute atomic E-state index is 0.0684. The Balaban J connectivity index is 2.17. The first-order valence-corrected chi connectivity index (χ1v) is 7.88. The Morgan fingerprint density at radius 2 is 2.10 bits per heavy atom. The van der Waals surface area contributed by atoms with Gasteiger partial charge in [0.1, 0.15) is 5.52 Å². The Bertz CT molecular complexity index is 669. The summed E-state index contributed by atoms with van der Waals surface area (Å²) in [4.78, 5) is 3.29. The number of aromatic nitrogens is 4. The summed E-state index contributed by atoms with van der Waals surface area (Å²) >= 11 is 5.51. The van der Waals surface area contributed by atoms with Gasteiger partial charge >= 0.3 is 0 Å². The van der Waals surface area contributed by atoms with Gasteiger partial charge in [0.05, 0.1) is 17.8 Å².